The van der Waals surface area contributed by atoms with Crippen molar-refractivity contribution in [3.8, 4) is 5.75 Å². The van der Waals surface area contributed by atoms with E-state index >= 15 is 0 Å². The Hall–Kier alpha value is -2.89. The van der Waals surface area contributed by atoms with Gasteiger partial charge in [-0.25, -0.2) is 4.39 Å². The molecule has 0 radical (unpaired) electrons. The zero-order valence-corrected chi connectivity index (χ0v) is 14.1. The van der Waals surface area contributed by atoms with E-state index in [9.17, 15) is 14.0 Å². The molecule has 1 N–H and O–H groups in total. The maximum atomic E-state index is 12.8. The normalized spacial score (nSPS) is 11.5. The van der Waals surface area contributed by atoms with Gasteiger partial charge in [-0.3, -0.25) is 9.59 Å². The van der Waals surface area contributed by atoms with Crippen molar-refractivity contribution in [1.82, 2.24) is 0 Å². The minimum absolute atomic E-state index is 0.117. The van der Waals surface area contributed by atoms with Gasteiger partial charge in [0.05, 0.1) is 7.11 Å². The van der Waals surface area contributed by atoms with E-state index in [1.807, 2.05) is 0 Å². The number of benzene rings is 2. The Kier molecular flexibility index (Phi) is 6.51. The number of aryl methyl sites for hydroxylation is 1. The number of nitrogens with one attached hydrogen (secondary N) is 1. The van der Waals surface area contributed by atoms with Crippen LogP contribution >= 0.6 is 0 Å². The van der Waals surface area contributed by atoms with E-state index in [1.165, 1.54) is 19.1 Å². The van der Waals surface area contributed by atoms with Gasteiger partial charge >= 0.3 is 5.97 Å². The van der Waals surface area contributed by atoms with Gasteiger partial charge in [0.15, 0.2) is 6.10 Å². The van der Waals surface area contributed by atoms with Crippen molar-refractivity contribution in [1.29, 1.82) is 0 Å². The van der Waals surface area contributed by atoms with Gasteiger partial charge in [0, 0.05) is 12.1 Å². The smallest absolute Gasteiger partial charge is 0.306 e. The molecule has 6 heteroatoms. The standard InChI is InChI=1S/C19H20FNO4/c1-13(19(23)21-16-8-10-17(24-2)11-9-16)25-18(22)12-5-14-3-6-15(20)7-4-14/h3-4,6-11,13H,5,12H2,1-2H3,(H,21,23)/t13-/m0/s1. The molecule has 0 saturated carbocycles. The molecule has 2 aromatic carbocycles. The Labute approximate surface area is 145 Å². The fraction of sp³-hybridized carbons (Fsp3) is 0.263. The molecule has 0 spiro atoms. The summed E-state index contributed by atoms with van der Waals surface area (Å²) in [5, 5.41) is 2.66. The molecule has 0 fully saturated rings. The van der Waals surface area contributed by atoms with Crippen molar-refractivity contribution in [2.45, 2.75) is 25.9 Å². The second kappa shape index (κ2) is 8.82. The van der Waals surface area contributed by atoms with Gasteiger partial charge in [-0.15, -0.1) is 0 Å². The summed E-state index contributed by atoms with van der Waals surface area (Å²) in [5.74, 6) is -0.546. The molecular weight excluding hydrogens is 325 g/mol. The molecule has 0 aliphatic rings. The maximum absolute atomic E-state index is 12.8. The summed E-state index contributed by atoms with van der Waals surface area (Å²) in [6.45, 7) is 1.51. The minimum Gasteiger partial charge on any atom is -0.497 e. The van der Waals surface area contributed by atoms with E-state index in [0.29, 0.717) is 17.9 Å². The fourth-order valence-corrected chi connectivity index (χ4v) is 2.13. The lowest BCUT2D eigenvalue weighted by atomic mass is 10.1. The van der Waals surface area contributed by atoms with E-state index < -0.39 is 18.0 Å². The molecular formula is C19H20FNO4. The molecule has 0 saturated heterocycles. The Morgan fingerprint density at radius 1 is 1.08 bits per heavy atom. The predicted octanol–water partition coefficient (Wildman–Crippen LogP) is 3.34. The molecule has 2 rings (SSSR count). The Morgan fingerprint density at radius 2 is 1.72 bits per heavy atom. The fourth-order valence-electron chi connectivity index (χ4n) is 2.13. The van der Waals surface area contributed by atoms with Crippen LogP contribution in [0.3, 0.4) is 0 Å². The third kappa shape index (κ3) is 5.91. The Bertz CT molecular complexity index is 713. The Balaban J connectivity index is 1.78. The minimum atomic E-state index is -0.914. The zero-order chi connectivity index (χ0) is 18.2. The van der Waals surface area contributed by atoms with Crippen LogP contribution in [0.1, 0.15) is 18.9 Å². The summed E-state index contributed by atoms with van der Waals surface area (Å²) < 4.78 is 23.0. The van der Waals surface area contributed by atoms with Crippen LogP contribution < -0.4 is 10.1 Å². The second-order valence-electron chi connectivity index (χ2n) is 5.48. The molecule has 5 nitrogen and oxygen atoms in total. The number of ether oxygens (including phenoxy) is 2. The summed E-state index contributed by atoms with van der Waals surface area (Å²) in [5.41, 5.74) is 1.41. The number of amides is 1. The lowest BCUT2D eigenvalue weighted by Crippen LogP contribution is -2.30. The summed E-state index contributed by atoms with van der Waals surface area (Å²) in [6, 6.07) is 12.7. The molecule has 0 bridgehead atoms. The average Bonchev–Trinajstić information content (AvgIpc) is 2.61. The van der Waals surface area contributed by atoms with Crippen molar-refractivity contribution in [2.24, 2.45) is 0 Å². The molecule has 2 aromatic rings. The van der Waals surface area contributed by atoms with Gasteiger partial charge in [0.2, 0.25) is 0 Å². The molecule has 0 unspecified atom stereocenters. The van der Waals surface area contributed by atoms with E-state index in [1.54, 1.807) is 43.5 Å². The van der Waals surface area contributed by atoms with Crippen LogP contribution in [0, 0.1) is 5.82 Å². The van der Waals surface area contributed by atoms with E-state index in [2.05, 4.69) is 5.32 Å². The number of hydrogen-bond acceptors (Lipinski definition) is 4. The van der Waals surface area contributed by atoms with Crippen LogP contribution in [0.5, 0.6) is 5.75 Å². The monoisotopic (exact) mass is 345 g/mol. The highest BCUT2D eigenvalue weighted by Gasteiger charge is 2.17. The summed E-state index contributed by atoms with van der Waals surface area (Å²) in [4.78, 5) is 23.9. The largest absolute Gasteiger partial charge is 0.497 e. The van der Waals surface area contributed by atoms with Crippen LogP contribution in [0.15, 0.2) is 48.5 Å². The van der Waals surface area contributed by atoms with Gasteiger partial charge in [0.1, 0.15) is 11.6 Å². The van der Waals surface area contributed by atoms with Crippen LogP contribution in [0.25, 0.3) is 0 Å². The quantitative estimate of drug-likeness (QED) is 0.782. The number of esters is 1. The van der Waals surface area contributed by atoms with Crippen LogP contribution in [-0.4, -0.2) is 25.1 Å². The molecule has 0 aliphatic heterocycles. The van der Waals surface area contributed by atoms with E-state index in [0.717, 1.165) is 5.56 Å². The molecule has 132 valence electrons. The van der Waals surface area contributed by atoms with Gasteiger partial charge in [0.25, 0.3) is 5.91 Å². The third-order valence-electron chi connectivity index (χ3n) is 3.57. The summed E-state index contributed by atoms with van der Waals surface area (Å²) in [6.07, 6.45) is -0.375. The number of hydrogen-bond donors (Lipinski definition) is 1. The topological polar surface area (TPSA) is 64.6 Å². The van der Waals surface area contributed by atoms with Gasteiger partial charge in [-0.2, -0.15) is 0 Å². The van der Waals surface area contributed by atoms with Gasteiger partial charge < -0.3 is 14.8 Å². The highest BCUT2D eigenvalue weighted by molar-refractivity contribution is 5.95. The first kappa shape index (κ1) is 18.4. The lowest BCUT2D eigenvalue weighted by molar-refractivity contribution is -0.153. The number of carbonyl (C=O) groups excluding carboxylic acids is 2. The number of rotatable bonds is 7. The van der Waals surface area contributed by atoms with Crippen LogP contribution in [-0.2, 0) is 20.7 Å². The van der Waals surface area contributed by atoms with Crippen LogP contribution in [0.4, 0.5) is 10.1 Å². The van der Waals surface area contributed by atoms with Crippen LogP contribution in [0.2, 0.25) is 0 Å². The van der Waals surface area contributed by atoms with Gasteiger partial charge in [-0.05, 0) is 55.3 Å². The third-order valence-corrected chi connectivity index (χ3v) is 3.57. The van der Waals surface area contributed by atoms with Crippen molar-refractivity contribution >= 4 is 17.6 Å². The van der Waals surface area contributed by atoms with Crippen molar-refractivity contribution < 1.29 is 23.5 Å². The lowest BCUT2D eigenvalue weighted by Gasteiger charge is -2.14. The first-order chi connectivity index (χ1) is 12.0. The predicted molar refractivity (Wildman–Crippen MR) is 91.9 cm³/mol. The summed E-state index contributed by atoms with van der Waals surface area (Å²) >= 11 is 0. The Morgan fingerprint density at radius 3 is 2.32 bits per heavy atom. The maximum Gasteiger partial charge on any atom is 0.306 e. The second-order valence-corrected chi connectivity index (χ2v) is 5.48. The van der Waals surface area contributed by atoms with Crippen molar-refractivity contribution in [3.05, 3.63) is 59.9 Å². The van der Waals surface area contributed by atoms with E-state index in [-0.39, 0.29) is 12.2 Å². The first-order valence-electron chi connectivity index (χ1n) is 7.87. The highest BCUT2D eigenvalue weighted by Crippen LogP contribution is 2.15. The zero-order valence-electron chi connectivity index (χ0n) is 14.1. The highest BCUT2D eigenvalue weighted by atomic mass is 19.1. The van der Waals surface area contributed by atoms with E-state index in [4.69, 9.17) is 9.47 Å². The first-order valence-corrected chi connectivity index (χ1v) is 7.87. The molecule has 1 amide bonds. The molecule has 1 atom stereocenters. The number of anilines is 1. The average molecular weight is 345 g/mol. The molecule has 0 aliphatic carbocycles. The molecule has 25 heavy (non-hydrogen) atoms. The van der Waals surface area contributed by atoms with Gasteiger partial charge in [-0.1, -0.05) is 12.1 Å². The molecule has 0 heterocycles. The van der Waals surface area contributed by atoms with Crippen molar-refractivity contribution in [3.63, 3.8) is 0 Å². The number of methoxy groups -OCH3 is 1. The number of carbonyl (C=O) groups is 2. The molecule has 0 aromatic heterocycles. The SMILES string of the molecule is COc1ccc(NC(=O)[C@H](C)OC(=O)CCc2ccc(F)cc2)cc1. The number of halogens is 1. The van der Waals surface area contributed by atoms with Crippen molar-refractivity contribution in [2.75, 3.05) is 12.4 Å². The summed E-state index contributed by atoms with van der Waals surface area (Å²) in [7, 11) is 1.56.